The third kappa shape index (κ3) is 3.89. The molecule has 0 bridgehead atoms. The molecular weight excluding hydrogens is 346 g/mol. The molecule has 0 saturated carbocycles. The second-order valence-electron chi connectivity index (χ2n) is 7.49. The number of piperidine rings is 1. The highest BCUT2D eigenvalue weighted by Crippen LogP contribution is 2.25. The van der Waals surface area contributed by atoms with Crippen molar-refractivity contribution in [1.29, 1.82) is 0 Å². The van der Waals surface area contributed by atoms with E-state index in [4.69, 9.17) is 4.98 Å². The minimum atomic E-state index is -0.258. The molecule has 2 aliphatic heterocycles. The lowest BCUT2D eigenvalue weighted by atomic mass is 9.93. The molecule has 27 heavy (non-hydrogen) atoms. The lowest BCUT2D eigenvalue weighted by molar-refractivity contribution is 0.198. The Hall–Kier alpha value is -2.26. The Kier molecular flexibility index (Phi) is 5.22. The average Bonchev–Trinajstić information content (AvgIpc) is 3.28. The van der Waals surface area contributed by atoms with E-state index in [1.807, 2.05) is 23.9 Å². The maximum Gasteiger partial charge on any atom is 0.227 e. The summed E-state index contributed by atoms with van der Waals surface area (Å²) in [5, 5.41) is 27.2. The number of rotatable bonds is 5. The number of β-amino-alcohol motifs (C(OH)–C–C–N with tert-alkyl or cyclic N) is 1. The van der Waals surface area contributed by atoms with Crippen LogP contribution in [0.4, 0.5) is 11.8 Å². The van der Waals surface area contributed by atoms with Crippen molar-refractivity contribution in [3.8, 4) is 0 Å². The molecule has 2 aromatic heterocycles. The van der Waals surface area contributed by atoms with Crippen molar-refractivity contribution in [3.05, 3.63) is 23.9 Å². The molecule has 2 aromatic rings. The zero-order chi connectivity index (χ0) is 18.8. The van der Waals surface area contributed by atoms with Gasteiger partial charge in [-0.1, -0.05) is 0 Å². The van der Waals surface area contributed by atoms with Gasteiger partial charge in [0.2, 0.25) is 5.95 Å². The average molecular weight is 373 g/mol. The monoisotopic (exact) mass is 373 g/mol. The minimum Gasteiger partial charge on any atom is -0.391 e. The van der Waals surface area contributed by atoms with Gasteiger partial charge in [-0.3, -0.25) is 0 Å². The summed E-state index contributed by atoms with van der Waals surface area (Å²) in [6.07, 6.45) is 5.33. The van der Waals surface area contributed by atoms with Crippen LogP contribution in [0.1, 0.15) is 30.9 Å². The van der Waals surface area contributed by atoms with Gasteiger partial charge in [0.1, 0.15) is 18.2 Å². The van der Waals surface area contributed by atoms with Crippen LogP contribution in [0, 0.1) is 5.92 Å². The highest BCUT2D eigenvalue weighted by atomic mass is 16.3. The van der Waals surface area contributed by atoms with E-state index in [-0.39, 0.29) is 12.7 Å². The molecule has 9 heteroatoms. The first-order chi connectivity index (χ1) is 13.1. The van der Waals surface area contributed by atoms with Crippen molar-refractivity contribution in [1.82, 2.24) is 24.7 Å². The van der Waals surface area contributed by atoms with Gasteiger partial charge >= 0.3 is 0 Å². The van der Waals surface area contributed by atoms with Gasteiger partial charge < -0.3 is 24.6 Å². The molecule has 2 N–H and O–H groups in total. The largest absolute Gasteiger partial charge is 0.391 e. The van der Waals surface area contributed by atoms with Crippen LogP contribution in [0.25, 0.3) is 0 Å². The van der Waals surface area contributed by atoms with Crippen molar-refractivity contribution < 1.29 is 10.2 Å². The highest BCUT2D eigenvalue weighted by molar-refractivity contribution is 5.45. The Morgan fingerprint density at radius 1 is 1.07 bits per heavy atom. The molecule has 0 aliphatic carbocycles. The molecular formula is C18H27N7O2. The standard InChI is InChI=1S/C18H27N7O2/c1-23-16(21-22-17(23)12-26)10-13-3-7-24(8-4-13)18-19-6-2-15(20-18)25-9-5-14(27)11-25/h2,6,13-14,26-27H,3-5,7-12H2,1H3/t14-/m1/s1. The molecule has 146 valence electrons. The first-order valence-corrected chi connectivity index (χ1v) is 9.63. The number of aliphatic hydroxyl groups is 2. The maximum absolute atomic E-state index is 9.75. The third-order valence-corrected chi connectivity index (χ3v) is 5.68. The van der Waals surface area contributed by atoms with Crippen molar-refractivity contribution in [2.45, 2.75) is 38.4 Å². The molecule has 0 spiro atoms. The summed E-state index contributed by atoms with van der Waals surface area (Å²) in [5.74, 6) is 3.76. The number of hydrogen-bond acceptors (Lipinski definition) is 8. The summed E-state index contributed by atoms with van der Waals surface area (Å²) in [7, 11) is 1.91. The summed E-state index contributed by atoms with van der Waals surface area (Å²) >= 11 is 0. The lowest BCUT2D eigenvalue weighted by Gasteiger charge is -2.32. The molecule has 0 amide bonds. The molecule has 4 heterocycles. The van der Waals surface area contributed by atoms with Gasteiger partial charge in [0.15, 0.2) is 5.82 Å². The molecule has 0 radical (unpaired) electrons. The minimum absolute atomic E-state index is 0.0797. The first-order valence-electron chi connectivity index (χ1n) is 9.63. The van der Waals surface area contributed by atoms with Crippen molar-refractivity contribution in [2.24, 2.45) is 13.0 Å². The number of anilines is 2. The summed E-state index contributed by atoms with van der Waals surface area (Å²) in [4.78, 5) is 13.5. The fraction of sp³-hybridized carbons (Fsp3) is 0.667. The number of aromatic nitrogens is 5. The molecule has 1 atom stereocenters. The van der Waals surface area contributed by atoms with Gasteiger partial charge in [0.25, 0.3) is 0 Å². The van der Waals surface area contributed by atoms with Crippen LogP contribution < -0.4 is 9.80 Å². The Balaban J connectivity index is 1.36. The smallest absolute Gasteiger partial charge is 0.227 e. The van der Waals surface area contributed by atoms with Crippen LogP contribution in [-0.2, 0) is 20.1 Å². The van der Waals surface area contributed by atoms with Gasteiger partial charge in [-0.05, 0) is 31.2 Å². The maximum atomic E-state index is 9.75. The zero-order valence-electron chi connectivity index (χ0n) is 15.7. The second kappa shape index (κ2) is 7.77. The van der Waals surface area contributed by atoms with Crippen LogP contribution >= 0.6 is 0 Å². The third-order valence-electron chi connectivity index (χ3n) is 5.68. The Morgan fingerprint density at radius 2 is 1.81 bits per heavy atom. The summed E-state index contributed by atoms with van der Waals surface area (Å²) in [6, 6.07) is 1.92. The van der Waals surface area contributed by atoms with Gasteiger partial charge in [0, 0.05) is 45.8 Å². The quantitative estimate of drug-likeness (QED) is 0.762. The van der Waals surface area contributed by atoms with E-state index in [0.29, 0.717) is 18.3 Å². The molecule has 2 saturated heterocycles. The van der Waals surface area contributed by atoms with E-state index in [0.717, 1.165) is 62.9 Å². The topological polar surface area (TPSA) is 103 Å². The molecule has 0 unspecified atom stereocenters. The molecule has 2 aliphatic rings. The van der Waals surface area contributed by atoms with Crippen LogP contribution in [-0.4, -0.2) is 67.2 Å². The predicted octanol–water partition coefficient (Wildman–Crippen LogP) is 0.127. The van der Waals surface area contributed by atoms with E-state index in [9.17, 15) is 10.2 Å². The Bertz CT molecular complexity index is 773. The highest BCUT2D eigenvalue weighted by Gasteiger charge is 2.25. The van der Waals surface area contributed by atoms with Gasteiger partial charge in [-0.25, -0.2) is 4.98 Å². The molecule has 0 aromatic carbocycles. The Labute approximate surface area is 158 Å². The number of hydrogen-bond donors (Lipinski definition) is 2. The van der Waals surface area contributed by atoms with Crippen molar-refractivity contribution in [3.63, 3.8) is 0 Å². The summed E-state index contributed by atoms with van der Waals surface area (Å²) in [6.45, 7) is 3.24. The van der Waals surface area contributed by atoms with E-state index >= 15 is 0 Å². The fourth-order valence-corrected chi connectivity index (χ4v) is 3.93. The number of nitrogens with zero attached hydrogens (tertiary/aromatic N) is 7. The fourth-order valence-electron chi connectivity index (χ4n) is 3.93. The Morgan fingerprint density at radius 3 is 2.48 bits per heavy atom. The second-order valence-corrected chi connectivity index (χ2v) is 7.49. The van der Waals surface area contributed by atoms with Crippen LogP contribution in [0.15, 0.2) is 12.3 Å². The lowest BCUT2D eigenvalue weighted by Crippen LogP contribution is -2.36. The molecule has 4 rings (SSSR count). The van der Waals surface area contributed by atoms with Crippen LogP contribution in [0.2, 0.25) is 0 Å². The van der Waals surface area contributed by atoms with E-state index in [1.54, 1.807) is 0 Å². The summed E-state index contributed by atoms with van der Waals surface area (Å²) < 4.78 is 1.89. The zero-order valence-corrected chi connectivity index (χ0v) is 15.7. The van der Waals surface area contributed by atoms with E-state index in [2.05, 4.69) is 25.0 Å². The number of aliphatic hydroxyl groups excluding tert-OH is 2. The molecule has 9 nitrogen and oxygen atoms in total. The van der Waals surface area contributed by atoms with E-state index < -0.39 is 0 Å². The SMILES string of the molecule is Cn1c(CO)nnc1CC1CCN(c2nccc(N3CC[C@@H](O)C3)n2)CC1. The normalized spacial score (nSPS) is 21.2. The van der Waals surface area contributed by atoms with Crippen LogP contribution in [0.5, 0.6) is 0 Å². The van der Waals surface area contributed by atoms with Gasteiger partial charge in [-0.2, -0.15) is 4.98 Å². The summed E-state index contributed by atoms with van der Waals surface area (Å²) in [5.41, 5.74) is 0. The van der Waals surface area contributed by atoms with Gasteiger partial charge in [-0.15, -0.1) is 10.2 Å². The van der Waals surface area contributed by atoms with Gasteiger partial charge in [0.05, 0.1) is 6.10 Å². The first kappa shape index (κ1) is 18.1. The van der Waals surface area contributed by atoms with E-state index in [1.165, 1.54) is 0 Å². The van der Waals surface area contributed by atoms with Crippen molar-refractivity contribution in [2.75, 3.05) is 36.0 Å². The predicted molar refractivity (Wildman–Crippen MR) is 100 cm³/mol. The van der Waals surface area contributed by atoms with Crippen molar-refractivity contribution >= 4 is 11.8 Å². The molecule has 2 fully saturated rings. The van der Waals surface area contributed by atoms with Crippen LogP contribution in [0.3, 0.4) is 0 Å².